The van der Waals surface area contributed by atoms with E-state index in [-0.39, 0.29) is 11.9 Å². The van der Waals surface area contributed by atoms with E-state index >= 15 is 0 Å². The van der Waals surface area contributed by atoms with Crippen LogP contribution in [0.15, 0.2) is 48.5 Å². The molecule has 1 fully saturated rings. The second-order valence-corrected chi connectivity index (χ2v) is 8.51. The minimum Gasteiger partial charge on any atom is -0.506 e. The SMILES string of the molecule is C[C@H](c1nc2ccccc2s1)N(C)C(=O)CN1CCN(c2ccccc2O)CC1. The number of para-hydroxylation sites is 3. The number of hydrogen-bond acceptors (Lipinski definition) is 6. The average Bonchev–Trinajstić information content (AvgIpc) is 3.18. The number of anilines is 1. The first-order valence-corrected chi connectivity index (χ1v) is 10.7. The van der Waals surface area contributed by atoms with Crippen molar-refractivity contribution < 1.29 is 9.90 Å². The van der Waals surface area contributed by atoms with Gasteiger partial charge in [-0.1, -0.05) is 24.3 Å². The quantitative estimate of drug-likeness (QED) is 0.699. The minimum atomic E-state index is -0.0533. The number of piperazine rings is 1. The van der Waals surface area contributed by atoms with Gasteiger partial charge in [-0.25, -0.2) is 4.98 Å². The van der Waals surface area contributed by atoms with Crippen molar-refractivity contribution in [3.63, 3.8) is 0 Å². The van der Waals surface area contributed by atoms with Crippen molar-refractivity contribution in [2.45, 2.75) is 13.0 Å². The van der Waals surface area contributed by atoms with E-state index in [1.54, 1.807) is 22.3 Å². The van der Waals surface area contributed by atoms with Gasteiger partial charge in [-0.05, 0) is 31.2 Å². The summed E-state index contributed by atoms with van der Waals surface area (Å²) >= 11 is 1.65. The Kier molecular flexibility index (Phi) is 5.69. The summed E-state index contributed by atoms with van der Waals surface area (Å²) in [4.78, 5) is 23.7. The van der Waals surface area contributed by atoms with Crippen molar-refractivity contribution in [3.8, 4) is 5.75 Å². The molecule has 4 rings (SSSR count). The Labute approximate surface area is 175 Å². The van der Waals surface area contributed by atoms with Gasteiger partial charge in [0.1, 0.15) is 10.8 Å². The standard InChI is InChI=1S/C22H26N4O2S/c1-16(22-23-17-7-3-6-10-20(17)29-22)24(2)21(28)15-25-11-13-26(14-12-25)18-8-4-5-9-19(18)27/h3-10,16,27H,11-15H2,1-2H3/t16-/m1/s1. The van der Waals surface area contributed by atoms with Gasteiger partial charge in [0.25, 0.3) is 0 Å². The highest BCUT2D eigenvalue weighted by Crippen LogP contribution is 2.29. The highest BCUT2D eigenvalue weighted by molar-refractivity contribution is 7.18. The maximum Gasteiger partial charge on any atom is 0.237 e. The van der Waals surface area contributed by atoms with Gasteiger partial charge >= 0.3 is 0 Å². The van der Waals surface area contributed by atoms with Crippen molar-refractivity contribution in [1.82, 2.24) is 14.8 Å². The summed E-state index contributed by atoms with van der Waals surface area (Å²) in [5.41, 5.74) is 1.85. The largest absolute Gasteiger partial charge is 0.506 e. The summed E-state index contributed by atoms with van der Waals surface area (Å²) in [6.07, 6.45) is 0. The van der Waals surface area contributed by atoms with Gasteiger partial charge in [-0.15, -0.1) is 11.3 Å². The van der Waals surface area contributed by atoms with Crippen LogP contribution < -0.4 is 4.90 Å². The highest BCUT2D eigenvalue weighted by Gasteiger charge is 2.25. The predicted octanol–water partition coefficient (Wildman–Crippen LogP) is 3.34. The van der Waals surface area contributed by atoms with E-state index in [0.717, 1.165) is 47.1 Å². The number of phenols is 1. The zero-order valence-corrected chi connectivity index (χ0v) is 17.6. The van der Waals surface area contributed by atoms with Crippen molar-refractivity contribution in [2.24, 2.45) is 0 Å². The van der Waals surface area contributed by atoms with E-state index in [9.17, 15) is 9.90 Å². The van der Waals surface area contributed by atoms with E-state index in [1.165, 1.54) is 0 Å². The zero-order chi connectivity index (χ0) is 20.4. The monoisotopic (exact) mass is 410 g/mol. The molecule has 1 aliphatic heterocycles. The van der Waals surface area contributed by atoms with Crippen LogP contribution in [0.25, 0.3) is 10.2 Å². The molecular weight excluding hydrogens is 384 g/mol. The normalized spacial score (nSPS) is 16.1. The molecule has 1 amide bonds. The maximum atomic E-state index is 12.9. The maximum absolute atomic E-state index is 12.9. The number of rotatable bonds is 5. The van der Waals surface area contributed by atoms with E-state index in [4.69, 9.17) is 4.98 Å². The molecule has 2 aromatic carbocycles. The number of phenolic OH excluding ortho intramolecular Hbond substituents is 1. The molecule has 0 aliphatic carbocycles. The van der Waals surface area contributed by atoms with Gasteiger partial charge in [-0.3, -0.25) is 9.69 Å². The number of thiazole rings is 1. The number of likely N-dealkylation sites (N-methyl/N-ethyl adjacent to an activating group) is 1. The van der Waals surface area contributed by atoms with Crippen LogP contribution in [0, 0.1) is 0 Å². The number of fused-ring (bicyclic) bond motifs is 1. The summed E-state index contributed by atoms with van der Waals surface area (Å²) < 4.78 is 1.15. The van der Waals surface area contributed by atoms with E-state index in [0.29, 0.717) is 12.3 Å². The van der Waals surface area contributed by atoms with Crippen molar-refractivity contribution in [3.05, 3.63) is 53.5 Å². The first-order valence-electron chi connectivity index (χ1n) is 9.89. The second-order valence-electron chi connectivity index (χ2n) is 7.45. The topological polar surface area (TPSA) is 59.9 Å². The van der Waals surface area contributed by atoms with Gasteiger partial charge in [-0.2, -0.15) is 0 Å². The Morgan fingerprint density at radius 3 is 2.55 bits per heavy atom. The molecule has 1 aliphatic rings. The molecule has 1 N–H and O–H groups in total. The Bertz CT molecular complexity index is 964. The molecule has 7 heteroatoms. The summed E-state index contributed by atoms with van der Waals surface area (Å²) in [6, 6.07) is 15.4. The average molecular weight is 411 g/mol. The molecule has 0 unspecified atom stereocenters. The van der Waals surface area contributed by atoms with Crippen LogP contribution in [0.1, 0.15) is 18.0 Å². The molecule has 1 saturated heterocycles. The third-order valence-corrected chi connectivity index (χ3v) is 6.80. The summed E-state index contributed by atoms with van der Waals surface area (Å²) in [6.45, 7) is 5.61. The van der Waals surface area contributed by atoms with Gasteiger partial charge in [0.2, 0.25) is 5.91 Å². The van der Waals surface area contributed by atoms with Crippen LogP contribution in [0.4, 0.5) is 5.69 Å². The fourth-order valence-electron chi connectivity index (χ4n) is 3.63. The number of hydrogen-bond donors (Lipinski definition) is 1. The lowest BCUT2D eigenvalue weighted by atomic mass is 10.2. The summed E-state index contributed by atoms with van der Waals surface area (Å²) in [5.74, 6) is 0.411. The first kappa shape index (κ1) is 19.7. The van der Waals surface area contributed by atoms with Crippen LogP contribution in [0.5, 0.6) is 5.75 Å². The molecule has 0 bridgehead atoms. The second kappa shape index (κ2) is 8.39. The van der Waals surface area contributed by atoms with Gasteiger partial charge < -0.3 is 14.9 Å². The molecule has 0 radical (unpaired) electrons. The number of carbonyl (C=O) groups excluding carboxylic acids is 1. The molecule has 6 nitrogen and oxygen atoms in total. The fraction of sp³-hybridized carbons (Fsp3) is 0.364. The third-order valence-electron chi connectivity index (χ3n) is 5.60. The lowest BCUT2D eigenvalue weighted by Crippen LogP contribution is -2.50. The van der Waals surface area contributed by atoms with Crippen molar-refractivity contribution in [1.29, 1.82) is 0 Å². The summed E-state index contributed by atoms with van der Waals surface area (Å²) in [7, 11) is 1.86. The molecule has 0 spiro atoms. The molecule has 152 valence electrons. The van der Waals surface area contributed by atoms with Gasteiger partial charge in [0.05, 0.1) is 28.5 Å². The van der Waals surface area contributed by atoms with Crippen molar-refractivity contribution >= 4 is 33.1 Å². The smallest absolute Gasteiger partial charge is 0.237 e. The van der Waals surface area contributed by atoms with Crippen LogP contribution in [-0.2, 0) is 4.79 Å². The number of aromatic hydroxyl groups is 1. The minimum absolute atomic E-state index is 0.0533. The van der Waals surface area contributed by atoms with Crippen LogP contribution in [0.3, 0.4) is 0 Å². The van der Waals surface area contributed by atoms with Crippen LogP contribution >= 0.6 is 11.3 Å². The number of benzene rings is 2. The molecule has 1 atom stereocenters. The molecule has 0 saturated carbocycles. The Morgan fingerprint density at radius 2 is 1.83 bits per heavy atom. The molecule has 1 aromatic heterocycles. The van der Waals surface area contributed by atoms with E-state index < -0.39 is 0 Å². The Morgan fingerprint density at radius 1 is 1.14 bits per heavy atom. The number of nitrogens with zero attached hydrogens (tertiary/aromatic N) is 4. The number of amides is 1. The molecule has 29 heavy (non-hydrogen) atoms. The lowest BCUT2D eigenvalue weighted by molar-refractivity contribution is -0.133. The number of carbonyl (C=O) groups is 1. The Balaban J connectivity index is 1.34. The molecule has 2 heterocycles. The van der Waals surface area contributed by atoms with E-state index in [2.05, 4.69) is 15.9 Å². The highest BCUT2D eigenvalue weighted by atomic mass is 32.1. The number of aromatic nitrogens is 1. The summed E-state index contributed by atoms with van der Waals surface area (Å²) in [5, 5.41) is 11.0. The molecule has 3 aromatic rings. The lowest BCUT2D eigenvalue weighted by Gasteiger charge is -2.36. The molecular formula is C22H26N4O2S. The van der Waals surface area contributed by atoms with Gasteiger partial charge in [0.15, 0.2) is 0 Å². The van der Waals surface area contributed by atoms with Gasteiger partial charge in [0, 0.05) is 33.2 Å². The van der Waals surface area contributed by atoms with Crippen LogP contribution in [0.2, 0.25) is 0 Å². The van der Waals surface area contributed by atoms with E-state index in [1.807, 2.05) is 50.4 Å². The van der Waals surface area contributed by atoms with Crippen LogP contribution in [-0.4, -0.2) is 65.6 Å². The van der Waals surface area contributed by atoms with Crippen molar-refractivity contribution in [2.75, 3.05) is 44.7 Å². The zero-order valence-electron chi connectivity index (χ0n) is 16.8. The Hall–Kier alpha value is -2.64. The third kappa shape index (κ3) is 4.21. The predicted molar refractivity (Wildman–Crippen MR) is 118 cm³/mol. The first-order chi connectivity index (χ1) is 14.0. The fourth-order valence-corrected chi connectivity index (χ4v) is 4.69.